The highest BCUT2D eigenvalue weighted by Gasteiger charge is 2.14. The second-order valence-corrected chi connectivity index (χ2v) is 4.19. The van der Waals surface area contributed by atoms with E-state index in [1.807, 2.05) is 12.1 Å². The van der Waals surface area contributed by atoms with Gasteiger partial charge in [0.2, 0.25) is 0 Å². The lowest BCUT2D eigenvalue weighted by Crippen LogP contribution is -2.18. The minimum atomic E-state index is 0.832. The van der Waals surface area contributed by atoms with Gasteiger partial charge in [-0.25, -0.2) is 4.98 Å². The molecule has 1 aliphatic heterocycles. The fourth-order valence-electron chi connectivity index (χ4n) is 1.69. The fraction of sp³-hybridized carbons (Fsp3) is 0.500. The van der Waals surface area contributed by atoms with Gasteiger partial charge in [-0.15, -0.1) is 0 Å². The molecule has 0 aromatic carbocycles. The van der Waals surface area contributed by atoms with Gasteiger partial charge in [-0.05, 0) is 28.8 Å². The molecule has 0 saturated carbocycles. The molecule has 2 rings (SSSR count). The molecule has 2 heterocycles. The molecule has 1 aliphatic rings. The van der Waals surface area contributed by atoms with Gasteiger partial charge in [0.05, 0.1) is 7.11 Å². The molecule has 0 bridgehead atoms. The summed E-state index contributed by atoms with van der Waals surface area (Å²) in [6.07, 6.45) is 2.52. The van der Waals surface area contributed by atoms with Crippen LogP contribution in [0.2, 0.25) is 0 Å². The maximum absolute atomic E-state index is 5.20. The number of hydrogen-bond acceptors (Lipinski definition) is 3. The number of pyridine rings is 1. The van der Waals surface area contributed by atoms with E-state index in [1.165, 1.54) is 12.8 Å². The Hall–Kier alpha value is -0.770. The molecule has 4 heteroatoms. The van der Waals surface area contributed by atoms with Crippen LogP contribution >= 0.6 is 15.9 Å². The minimum absolute atomic E-state index is 0.832. The second-order valence-electron chi connectivity index (χ2n) is 3.38. The van der Waals surface area contributed by atoms with Crippen molar-refractivity contribution in [3.63, 3.8) is 0 Å². The third-order valence-corrected chi connectivity index (χ3v) is 2.83. The van der Waals surface area contributed by atoms with Gasteiger partial charge < -0.3 is 9.64 Å². The van der Waals surface area contributed by atoms with Crippen molar-refractivity contribution >= 4 is 21.7 Å². The third-order valence-electron chi connectivity index (χ3n) is 2.42. The van der Waals surface area contributed by atoms with Crippen molar-refractivity contribution in [2.24, 2.45) is 0 Å². The Balaban J connectivity index is 2.27. The van der Waals surface area contributed by atoms with Crippen LogP contribution in [-0.2, 0) is 0 Å². The zero-order chi connectivity index (χ0) is 9.97. The molecule has 0 N–H and O–H groups in total. The number of halogens is 1. The summed E-state index contributed by atoms with van der Waals surface area (Å²) in [5.74, 6) is 1.86. The molecular formula is C10H13BrN2O. The Kier molecular flexibility index (Phi) is 2.91. The number of anilines is 1. The van der Waals surface area contributed by atoms with Crippen molar-refractivity contribution in [1.82, 2.24) is 4.98 Å². The highest BCUT2D eigenvalue weighted by atomic mass is 79.9. The van der Waals surface area contributed by atoms with E-state index in [4.69, 9.17) is 4.74 Å². The minimum Gasteiger partial charge on any atom is -0.497 e. The quantitative estimate of drug-likeness (QED) is 0.761. The summed E-state index contributed by atoms with van der Waals surface area (Å²) >= 11 is 3.38. The number of rotatable bonds is 2. The van der Waals surface area contributed by atoms with Gasteiger partial charge >= 0.3 is 0 Å². The smallest absolute Gasteiger partial charge is 0.133 e. The Morgan fingerprint density at radius 2 is 2.07 bits per heavy atom. The predicted octanol–water partition coefficient (Wildman–Crippen LogP) is 2.45. The summed E-state index contributed by atoms with van der Waals surface area (Å²) in [7, 11) is 1.68. The van der Waals surface area contributed by atoms with Crippen LogP contribution in [0.4, 0.5) is 5.82 Å². The van der Waals surface area contributed by atoms with Crippen LogP contribution in [0.5, 0.6) is 5.75 Å². The Labute approximate surface area is 92.2 Å². The maximum Gasteiger partial charge on any atom is 0.133 e. The lowest BCUT2D eigenvalue weighted by Gasteiger charge is -2.17. The van der Waals surface area contributed by atoms with E-state index in [0.717, 1.165) is 29.3 Å². The molecule has 1 aromatic heterocycles. The van der Waals surface area contributed by atoms with Crippen LogP contribution in [0.1, 0.15) is 12.8 Å². The van der Waals surface area contributed by atoms with E-state index in [-0.39, 0.29) is 0 Å². The molecule has 0 aliphatic carbocycles. The fourth-order valence-corrected chi connectivity index (χ4v) is 2.09. The Bertz CT molecular complexity index is 324. The number of nitrogens with zero attached hydrogens (tertiary/aromatic N) is 2. The number of aromatic nitrogens is 1. The van der Waals surface area contributed by atoms with Crippen molar-refractivity contribution in [3.8, 4) is 5.75 Å². The lowest BCUT2D eigenvalue weighted by atomic mass is 10.4. The number of ether oxygens (including phenoxy) is 1. The van der Waals surface area contributed by atoms with Gasteiger partial charge in [0, 0.05) is 25.2 Å². The summed E-state index contributed by atoms with van der Waals surface area (Å²) in [5.41, 5.74) is 0. The topological polar surface area (TPSA) is 25.4 Å². The highest BCUT2D eigenvalue weighted by Crippen LogP contribution is 2.25. The van der Waals surface area contributed by atoms with Crippen LogP contribution in [0.25, 0.3) is 0 Å². The van der Waals surface area contributed by atoms with E-state index in [9.17, 15) is 0 Å². The standard InChI is InChI=1S/C10H13BrN2O/c1-14-8-6-9(11)12-10(7-8)13-4-2-3-5-13/h6-7H,2-5H2,1H3. The van der Waals surface area contributed by atoms with Gasteiger partial charge in [-0.1, -0.05) is 0 Å². The van der Waals surface area contributed by atoms with Gasteiger partial charge in [0.15, 0.2) is 0 Å². The van der Waals surface area contributed by atoms with E-state index in [0.29, 0.717) is 0 Å². The van der Waals surface area contributed by atoms with Crippen molar-refractivity contribution in [3.05, 3.63) is 16.7 Å². The molecule has 0 radical (unpaired) electrons. The Morgan fingerprint density at radius 3 is 2.71 bits per heavy atom. The van der Waals surface area contributed by atoms with Crippen LogP contribution in [0, 0.1) is 0 Å². The molecule has 0 unspecified atom stereocenters. The largest absolute Gasteiger partial charge is 0.497 e. The number of methoxy groups -OCH3 is 1. The first kappa shape index (κ1) is 9.77. The van der Waals surface area contributed by atoms with Gasteiger partial charge in [-0.3, -0.25) is 0 Å². The predicted molar refractivity (Wildman–Crippen MR) is 59.9 cm³/mol. The van der Waals surface area contributed by atoms with E-state index in [2.05, 4.69) is 25.8 Å². The van der Waals surface area contributed by atoms with Crippen molar-refractivity contribution < 1.29 is 4.74 Å². The zero-order valence-corrected chi connectivity index (χ0v) is 9.75. The maximum atomic E-state index is 5.20. The molecule has 1 saturated heterocycles. The normalized spacial score (nSPS) is 16.0. The number of hydrogen-bond donors (Lipinski definition) is 0. The highest BCUT2D eigenvalue weighted by molar-refractivity contribution is 9.10. The average Bonchev–Trinajstić information content (AvgIpc) is 2.69. The molecule has 1 fully saturated rings. The van der Waals surface area contributed by atoms with Crippen LogP contribution in [-0.4, -0.2) is 25.2 Å². The second kappa shape index (κ2) is 4.17. The summed E-state index contributed by atoms with van der Waals surface area (Å²) < 4.78 is 6.03. The third kappa shape index (κ3) is 2.00. The van der Waals surface area contributed by atoms with Crippen molar-refractivity contribution in [2.45, 2.75) is 12.8 Å². The van der Waals surface area contributed by atoms with Crippen molar-refractivity contribution in [2.75, 3.05) is 25.1 Å². The molecule has 76 valence electrons. The molecular weight excluding hydrogens is 244 g/mol. The molecule has 3 nitrogen and oxygen atoms in total. The molecule has 0 spiro atoms. The first-order chi connectivity index (χ1) is 6.79. The summed E-state index contributed by atoms with van der Waals surface area (Å²) in [5, 5.41) is 0. The van der Waals surface area contributed by atoms with Gasteiger partial charge in [0.1, 0.15) is 16.2 Å². The van der Waals surface area contributed by atoms with Crippen LogP contribution in [0.15, 0.2) is 16.7 Å². The summed E-state index contributed by atoms with van der Waals surface area (Å²) in [6, 6.07) is 3.86. The van der Waals surface area contributed by atoms with Gasteiger partial charge in [0.25, 0.3) is 0 Å². The lowest BCUT2D eigenvalue weighted by molar-refractivity contribution is 0.414. The molecule has 1 aromatic rings. The van der Waals surface area contributed by atoms with Crippen molar-refractivity contribution in [1.29, 1.82) is 0 Å². The SMILES string of the molecule is COc1cc(Br)nc(N2CCCC2)c1. The zero-order valence-electron chi connectivity index (χ0n) is 8.16. The van der Waals surface area contributed by atoms with E-state index < -0.39 is 0 Å². The van der Waals surface area contributed by atoms with Gasteiger partial charge in [-0.2, -0.15) is 0 Å². The van der Waals surface area contributed by atoms with E-state index in [1.54, 1.807) is 7.11 Å². The monoisotopic (exact) mass is 256 g/mol. The van der Waals surface area contributed by atoms with Crippen LogP contribution in [0.3, 0.4) is 0 Å². The summed E-state index contributed by atoms with van der Waals surface area (Å²) in [4.78, 5) is 6.71. The van der Waals surface area contributed by atoms with E-state index >= 15 is 0 Å². The average molecular weight is 257 g/mol. The molecule has 0 amide bonds. The summed E-state index contributed by atoms with van der Waals surface area (Å²) in [6.45, 7) is 2.21. The first-order valence-corrected chi connectivity index (χ1v) is 5.55. The first-order valence-electron chi connectivity index (χ1n) is 4.76. The van der Waals surface area contributed by atoms with Crippen LogP contribution < -0.4 is 9.64 Å². The molecule has 14 heavy (non-hydrogen) atoms. The Morgan fingerprint density at radius 1 is 1.36 bits per heavy atom. The molecule has 0 atom stereocenters.